The van der Waals surface area contributed by atoms with Crippen LogP contribution in [0.4, 0.5) is 5.69 Å². The van der Waals surface area contributed by atoms with Gasteiger partial charge in [0.05, 0.1) is 11.5 Å². The summed E-state index contributed by atoms with van der Waals surface area (Å²) in [7, 11) is 0. The van der Waals surface area contributed by atoms with E-state index in [2.05, 4.69) is 0 Å². The third-order valence-corrected chi connectivity index (χ3v) is 3.66. The largest absolute Gasteiger partial charge is 0.465 e. The first kappa shape index (κ1) is 16.5. The SMILES string of the molecule is CCOC(=O)C(N)CSCCc1ccc([N+](=O)[O-])cc1. The van der Waals surface area contributed by atoms with E-state index >= 15 is 0 Å². The second-order valence-electron chi connectivity index (χ2n) is 4.11. The van der Waals surface area contributed by atoms with Gasteiger partial charge in [0.1, 0.15) is 6.04 Å². The van der Waals surface area contributed by atoms with Gasteiger partial charge in [0.25, 0.3) is 5.69 Å². The maximum absolute atomic E-state index is 11.3. The molecular formula is C13H18N2O4S. The molecule has 0 saturated carbocycles. The van der Waals surface area contributed by atoms with Crippen molar-refractivity contribution in [2.24, 2.45) is 5.73 Å². The maximum atomic E-state index is 11.3. The highest BCUT2D eigenvalue weighted by Gasteiger charge is 2.13. The summed E-state index contributed by atoms with van der Waals surface area (Å²) in [5.74, 6) is 0.923. The lowest BCUT2D eigenvalue weighted by Crippen LogP contribution is -2.34. The number of carbonyl (C=O) groups excluding carboxylic acids is 1. The van der Waals surface area contributed by atoms with Crippen LogP contribution in [0, 0.1) is 10.1 Å². The molecule has 0 aromatic heterocycles. The summed E-state index contributed by atoms with van der Waals surface area (Å²) in [6.07, 6.45) is 0.776. The Morgan fingerprint density at radius 3 is 2.65 bits per heavy atom. The van der Waals surface area contributed by atoms with E-state index in [-0.39, 0.29) is 11.7 Å². The molecule has 1 aromatic carbocycles. The van der Waals surface area contributed by atoms with Crippen molar-refractivity contribution in [1.29, 1.82) is 0 Å². The number of nitrogens with zero attached hydrogens (tertiary/aromatic N) is 1. The minimum absolute atomic E-state index is 0.0886. The molecule has 0 aliphatic rings. The van der Waals surface area contributed by atoms with Gasteiger partial charge in [0, 0.05) is 17.9 Å². The highest BCUT2D eigenvalue weighted by molar-refractivity contribution is 7.99. The van der Waals surface area contributed by atoms with Crippen LogP contribution in [0.5, 0.6) is 0 Å². The average molecular weight is 298 g/mol. The first-order valence-electron chi connectivity index (χ1n) is 6.28. The molecule has 0 aliphatic heterocycles. The van der Waals surface area contributed by atoms with Gasteiger partial charge in [0.2, 0.25) is 0 Å². The molecule has 0 bridgehead atoms. The Labute approximate surface area is 121 Å². The fourth-order valence-corrected chi connectivity index (χ4v) is 2.44. The smallest absolute Gasteiger partial charge is 0.323 e. The van der Waals surface area contributed by atoms with Crippen LogP contribution in [0.3, 0.4) is 0 Å². The third-order valence-electron chi connectivity index (χ3n) is 2.57. The zero-order valence-corrected chi connectivity index (χ0v) is 12.1. The van der Waals surface area contributed by atoms with Crippen molar-refractivity contribution < 1.29 is 14.5 Å². The number of benzene rings is 1. The van der Waals surface area contributed by atoms with Gasteiger partial charge in [-0.1, -0.05) is 12.1 Å². The summed E-state index contributed by atoms with van der Waals surface area (Å²) in [5.41, 5.74) is 6.78. The predicted octanol–water partition coefficient (Wildman–Crippen LogP) is 1.76. The summed E-state index contributed by atoms with van der Waals surface area (Å²) in [4.78, 5) is 21.4. The molecule has 0 amide bonds. The molecule has 6 nitrogen and oxygen atoms in total. The lowest BCUT2D eigenvalue weighted by atomic mass is 10.1. The summed E-state index contributed by atoms with van der Waals surface area (Å²) in [5, 5.41) is 10.5. The number of hydrogen-bond acceptors (Lipinski definition) is 6. The molecule has 1 aromatic rings. The molecule has 1 unspecified atom stereocenters. The van der Waals surface area contributed by atoms with Crippen molar-refractivity contribution in [3.8, 4) is 0 Å². The number of esters is 1. The van der Waals surface area contributed by atoms with Crippen LogP contribution in [0.15, 0.2) is 24.3 Å². The van der Waals surface area contributed by atoms with Gasteiger partial charge in [-0.15, -0.1) is 0 Å². The summed E-state index contributed by atoms with van der Waals surface area (Å²) in [6.45, 7) is 2.08. The molecule has 0 fully saturated rings. The summed E-state index contributed by atoms with van der Waals surface area (Å²) < 4.78 is 4.81. The van der Waals surface area contributed by atoms with Crippen LogP contribution in [0.1, 0.15) is 12.5 Å². The predicted molar refractivity (Wildman–Crippen MR) is 78.7 cm³/mol. The number of carbonyl (C=O) groups is 1. The Bertz CT molecular complexity index is 450. The van der Waals surface area contributed by atoms with Crippen molar-refractivity contribution in [2.75, 3.05) is 18.1 Å². The van der Waals surface area contributed by atoms with Crippen LogP contribution in [0.25, 0.3) is 0 Å². The maximum Gasteiger partial charge on any atom is 0.323 e. The lowest BCUT2D eigenvalue weighted by Gasteiger charge is -2.09. The standard InChI is InChI=1S/C13H18N2O4S/c1-2-19-13(16)12(14)9-20-8-7-10-3-5-11(6-4-10)15(17)18/h3-6,12H,2,7-9,14H2,1H3. The van der Waals surface area contributed by atoms with Gasteiger partial charge in [0.15, 0.2) is 0 Å². The minimum Gasteiger partial charge on any atom is -0.465 e. The van der Waals surface area contributed by atoms with E-state index in [1.807, 2.05) is 0 Å². The number of rotatable bonds is 8. The molecule has 0 spiro atoms. The van der Waals surface area contributed by atoms with Crippen molar-refractivity contribution >= 4 is 23.4 Å². The molecule has 1 rings (SSSR count). The van der Waals surface area contributed by atoms with E-state index in [0.717, 1.165) is 17.7 Å². The topological polar surface area (TPSA) is 95.5 Å². The zero-order valence-electron chi connectivity index (χ0n) is 11.3. The van der Waals surface area contributed by atoms with E-state index in [9.17, 15) is 14.9 Å². The van der Waals surface area contributed by atoms with Gasteiger partial charge in [-0.2, -0.15) is 11.8 Å². The number of hydrogen-bond donors (Lipinski definition) is 1. The van der Waals surface area contributed by atoms with Crippen molar-refractivity contribution in [3.05, 3.63) is 39.9 Å². The molecule has 0 saturated heterocycles. The van der Waals surface area contributed by atoms with Crippen LogP contribution >= 0.6 is 11.8 Å². The molecule has 20 heavy (non-hydrogen) atoms. The molecule has 1 atom stereocenters. The zero-order chi connectivity index (χ0) is 15.0. The Morgan fingerprint density at radius 1 is 1.45 bits per heavy atom. The van der Waals surface area contributed by atoms with Crippen LogP contribution in [0.2, 0.25) is 0 Å². The quantitative estimate of drug-likeness (QED) is 0.340. The van der Waals surface area contributed by atoms with E-state index in [1.165, 1.54) is 12.1 Å². The van der Waals surface area contributed by atoms with Crippen LogP contribution < -0.4 is 5.73 Å². The molecule has 0 heterocycles. The first-order valence-corrected chi connectivity index (χ1v) is 7.43. The number of ether oxygens (including phenoxy) is 1. The normalized spacial score (nSPS) is 11.9. The fraction of sp³-hybridized carbons (Fsp3) is 0.462. The number of nitro benzene ring substituents is 1. The summed E-state index contributed by atoms with van der Waals surface area (Å²) >= 11 is 1.56. The molecular weight excluding hydrogens is 280 g/mol. The third kappa shape index (κ3) is 5.58. The minimum atomic E-state index is -0.600. The van der Waals surface area contributed by atoms with Gasteiger partial charge in [-0.25, -0.2) is 0 Å². The molecule has 0 aliphatic carbocycles. The average Bonchev–Trinajstić information content (AvgIpc) is 2.44. The Morgan fingerprint density at radius 2 is 2.10 bits per heavy atom. The van der Waals surface area contributed by atoms with E-state index in [1.54, 1.807) is 30.8 Å². The number of nitro groups is 1. The second kappa shape index (κ2) is 8.55. The number of thioether (sulfide) groups is 1. The number of non-ortho nitro benzene ring substituents is 1. The van der Waals surface area contributed by atoms with Gasteiger partial charge >= 0.3 is 5.97 Å². The van der Waals surface area contributed by atoms with E-state index in [0.29, 0.717) is 12.4 Å². The number of nitrogens with two attached hydrogens (primary N) is 1. The fourth-order valence-electron chi connectivity index (χ4n) is 1.50. The highest BCUT2D eigenvalue weighted by atomic mass is 32.2. The first-order chi connectivity index (χ1) is 9.54. The molecule has 0 radical (unpaired) electrons. The van der Waals surface area contributed by atoms with Crippen LogP contribution in [-0.4, -0.2) is 35.0 Å². The lowest BCUT2D eigenvalue weighted by molar-refractivity contribution is -0.384. The van der Waals surface area contributed by atoms with Crippen molar-refractivity contribution in [2.45, 2.75) is 19.4 Å². The second-order valence-corrected chi connectivity index (χ2v) is 5.26. The van der Waals surface area contributed by atoms with E-state index < -0.39 is 11.0 Å². The van der Waals surface area contributed by atoms with Crippen LogP contribution in [-0.2, 0) is 16.0 Å². The molecule has 7 heteroatoms. The van der Waals surface area contributed by atoms with Gasteiger partial charge < -0.3 is 10.5 Å². The van der Waals surface area contributed by atoms with Gasteiger partial charge in [-0.05, 0) is 24.7 Å². The Balaban J connectivity index is 2.27. The number of aryl methyl sites for hydroxylation is 1. The van der Waals surface area contributed by atoms with Crippen molar-refractivity contribution in [1.82, 2.24) is 0 Å². The highest BCUT2D eigenvalue weighted by Crippen LogP contribution is 2.14. The molecule has 2 N–H and O–H groups in total. The Hall–Kier alpha value is -1.60. The Kier molecular flexibility index (Phi) is 7.03. The van der Waals surface area contributed by atoms with Crippen molar-refractivity contribution in [3.63, 3.8) is 0 Å². The monoisotopic (exact) mass is 298 g/mol. The van der Waals surface area contributed by atoms with E-state index in [4.69, 9.17) is 10.5 Å². The summed E-state index contributed by atoms with van der Waals surface area (Å²) in [6, 6.07) is 5.86. The van der Waals surface area contributed by atoms with Gasteiger partial charge in [-0.3, -0.25) is 14.9 Å². The molecule has 110 valence electrons.